The summed E-state index contributed by atoms with van der Waals surface area (Å²) in [5.41, 5.74) is 3.97. The fourth-order valence-electron chi connectivity index (χ4n) is 2.24. The number of fused-ring (bicyclic) bond motifs is 3. The zero-order valence-corrected chi connectivity index (χ0v) is 10.1. The van der Waals surface area contributed by atoms with Crippen LogP contribution >= 0.6 is 0 Å². The molecular formula is C14H12N2O2. The summed E-state index contributed by atoms with van der Waals surface area (Å²) in [6, 6.07) is 8.06. The molecular weight excluding hydrogens is 228 g/mol. The Morgan fingerprint density at radius 1 is 1.28 bits per heavy atom. The van der Waals surface area contributed by atoms with Gasteiger partial charge in [-0.05, 0) is 37.1 Å². The first-order chi connectivity index (χ1) is 8.56. The Morgan fingerprint density at radius 2 is 2.06 bits per heavy atom. The highest BCUT2D eigenvalue weighted by Crippen LogP contribution is 2.22. The zero-order chi connectivity index (χ0) is 12.9. The molecule has 4 nitrogen and oxygen atoms in total. The lowest BCUT2D eigenvalue weighted by atomic mass is 10.1. The van der Waals surface area contributed by atoms with Crippen molar-refractivity contribution in [1.82, 2.24) is 9.38 Å². The number of carbonyl (C=O) groups is 1. The number of pyridine rings is 1. The molecule has 0 unspecified atom stereocenters. The van der Waals surface area contributed by atoms with Gasteiger partial charge < -0.3 is 5.11 Å². The van der Waals surface area contributed by atoms with Crippen LogP contribution in [-0.4, -0.2) is 20.5 Å². The molecule has 90 valence electrons. The molecule has 3 rings (SSSR count). The molecule has 1 aromatic carbocycles. The summed E-state index contributed by atoms with van der Waals surface area (Å²) in [5, 5.41) is 10.1. The van der Waals surface area contributed by atoms with Gasteiger partial charge >= 0.3 is 5.97 Å². The molecule has 0 saturated heterocycles. The first-order valence-electron chi connectivity index (χ1n) is 5.68. The maximum atomic E-state index is 11.0. The van der Waals surface area contributed by atoms with Crippen molar-refractivity contribution in [3.63, 3.8) is 0 Å². The number of hydrogen-bond donors (Lipinski definition) is 1. The molecule has 0 spiro atoms. The van der Waals surface area contributed by atoms with Crippen LogP contribution in [0.3, 0.4) is 0 Å². The molecule has 1 N–H and O–H groups in total. The van der Waals surface area contributed by atoms with Crippen molar-refractivity contribution < 1.29 is 9.90 Å². The number of carboxylic acid groups (broad SMARTS) is 1. The van der Waals surface area contributed by atoms with E-state index in [-0.39, 0.29) is 5.69 Å². The smallest absolute Gasteiger partial charge is 0.356 e. The Bertz CT molecular complexity index is 787. The van der Waals surface area contributed by atoms with Crippen molar-refractivity contribution in [2.24, 2.45) is 0 Å². The normalized spacial score (nSPS) is 11.2. The third kappa shape index (κ3) is 1.46. The number of carboxylic acids is 1. The van der Waals surface area contributed by atoms with Gasteiger partial charge in [-0.1, -0.05) is 12.1 Å². The van der Waals surface area contributed by atoms with Crippen LogP contribution in [0.4, 0.5) is 0 Å². The predicted octanol–water partition coefficient (Wildman–Crippen LogP) is 2.80. The van der Waals surface area contributed by atoms with Crippen molar-refractivity contribution in [3.05, 3.63) is 47.3 Å². The molecule has 0 aliphatic rings. The highest BCUT2D eigenvalue weighted by Gasteiger charge is 2.11. The van der Waals surface area contributed by atoms with Gasteiger partial charge in [-0.15, -0.1) is 0 Å². The Hall–Kier alpha value is -2.36. The van der Waals surface area contributed by atoms with E-state index in [1.54, 1.807) is 6.20 Å². The number of aromatic carboxylic acids is 1. The largest absolute Gasteiger partial charge is 0.476 e. The van der Waals surface area contributed by atoms with Gasteiger partial charge in [-0.3, -0.25) is 4.40 Å². The summed E-state index contributed by atoms with van der Waals surface area (Å²) in [6.07, 6.45) is 1.57. The Kier molecular flexibility index (Phi) is 2.13. The van der Waals surface area contributed by atoms with Crippen LogP contribution in [0.25, 0.3) is 16.6 Å². The van der Waals surface area contributed by atoms with E-state index in [1.807, 2.05) is 30.4 Å². The van der Waals surface area contributed by atoms with Crippen molar-refractivity contribution in [2.75, 3.05) is 0 Å². The minimum Gasteiger partial charge on any atom is -0.476 e. The standard InChI is InChI=1S/C14H12N2O2/c1-8-3-4-10-9(2)6-13-15-11(14(17)18)7-16(13)12(10)5-8/h3-7H,1-2H3,(H,17,18). The van der Waals surface area contributed by atoms with Gasteiger partial charge in [0.25, 0.3) is 0 Å². The molecule has 0 radical (unpaired) electrons. The molecule has 0 fully saturated rings. The molecule has 0 aliphatic carbocycles. The van der Waals surface area contributed by atoms with Gasteiger partial charge in [0.2, 0.25) is 0 Å². The van der Waals surface area contributed by atoms with Gasteiger partial charge in [0, 0.05) is 11.6 Å². The topological polar surface area (TPSA) is 54.6 Å². The van der Waals surface area contributed by atoms with Crippen molar-refractivity contribution >= 4 is 22.5 Å². The second-order valence-electron chi connectivity index (χ2n) is 4.51. The van der Waals surface area contributed by atoms with Crippen molar-refractivity contribution in [3.8, 4) is 0 Å². The van der Waals surface area contributed by atoms with Crippen LogP contribution < -0.4 is 0 Å². The van der Waals surface area contributed by atoms with Gasteiger partial charge in [-0.2, -0.15) is 0 Å². The minimum absolute atomic E-state index is 0.0726. The van der Waals surface area contributed by atoms with E-state index >= 15 is 0 Å². The summed E-state index contributed by atoms with van der Waals surface area (Å²) in [4.78, 5) is 15.1. The number of aromatic nitrogens is 2. The van der Waals surface area contributed by atoms with Crippen LogP contribution in [0, 0.1) is 13.8 Å². The number of aryl methyl sites for hydroxylation is 2. The van der Waals surface area contributed by atoms with Crippen LogP contribution in [0.1, 0.15) is 21.6 Å². The monoisotopic (exact) mass is 240 g/mol. The number of rotatable bonds is 1. The Balaban J connectivity index is 2.50. The lowest BCUT2D eigenvalue weighted by Gasteiger charge is -2.06. The SMILES string of the molecule is Cc1ccc2c(C)cc3nc(C(=O)O)cn3c2c1. The molecule has 0 bridgehead atoms. The number of nitrogens with zero attached hydrogens (tertiary/aromatic N) is 2. The van der Waals surface area contributed by atoms with E-state index in [9.17, 15) is 4.79 Å². The summed E-state index contributed by atoms with van der Waals surface area (Å²) in [6.45, 7) is 4.02. The van der Waals surface area contributed by atoms with E-state index in [1.165, 1.54) is 0 Å². The second-order valence-corrected chi connectivity index (χ2v) is 4.51. The fourth-order valence-corrected chi connectivity index (χ4v) is 2.24. The van der Waals surface area contributed by atoms with Gasteiger partial charge in [0.1, 0.15) is 5.65 Å². The first kappa shape index (κ1) is 10.8. The molecule has 0 aliphatic heterocycles. The number of benzene rings is 1. The van der Waals surface area contributed by atoms with E-state index in [0.717, 1.165) is 22.0 Å². The summed E-state index contributed by atoms with van der Waals surface area (Å²) in [5.74, 6) is -1.00. The zero-order valence-electron chi connectivity index (χ0n) is 10.1. The highest BCUT2D eigenvalue weighted by atomic mass is 16.4. The molecule has 2 aromatic heterocycles. The number of imidazole rings is 1. The lowest BCUT2D eigenvalue weighted by Crippen LogP contribution is -1.94. The maximum absolute atomic E-state index is 11.0. The van der Waals surface area contributed by atoms with E-state index in [2.05, 4.69) is 17.1 Å². The minimum atomic E-state index is -1.00. The number of hydrogen-bond acceptors (Lipinski definition) is 2. The molecule has 0 amide bonds. The third-order valence-electron chi connectivity index (χ3n) is 3.14. The molecule has 3 aromatic rings. The average Bonchev–Trinajstić information content (AvgIpc) is 2.73. The van der Waals surface area contributed by atoms with Crippen molar-refractivity contribution in [1.29, 1.82) is 0 Å². The molecule has 18 heavy (non-hydrogen) atoms. The van der Waals surface area contributed by atoms with Gasteiger partial charge in [-0.25, -0.2) is 9.78 Å². The van der Waals surface area contributed by atoms with E-state index in [4.69, 9.17) is 5.11 Å². The van der Waals surface area contributed by atoms with Crippen LogP contribution in [-0.2, 0) is 0 Å². The molecule has 4 heteroatoms. The van der Waals surface area contributed by atoms with Crippen LogP contribution in [0.2, 0.25) is 0 Å². The highest BCUT2D eigenvalue weighted by molar-refractivity contribution is 5.90. The van der Waals surface area contributed by atoms with Gasteiger partial charge in [0.15, 0.2) is 5.69 Å². The molecule has 0 saturated carbocycles. The Morgan fingerprint density at radius 3 is 2.78 bits per heavy atom. The molecule has 2 heterocycles. The van der Waals surface area contributed by atoms with Crippen molar-refractivity contribution in [2.45, 2.75) is 13.8 Å². The van der Waals surface area contributed by atoms with Crippen LogP contribution in [0.5, 0.6) is 0 Å². The predicted molar refractivity (Wildman–Crippen MR) is 69.1 cm³/mol. The second kappa shape index (κ2) is 3.57. The fraction of sp³-hybridized carbons (Fsp3) is 0.143. The average molecular weight is 240 g/mol. The van der Waals surface area contributed by atoms with E-state index in [0.29, 0.717) is 5.65 Å². The third-order valence-corrected chi connectivity index (χ3v) is 3.14. The summed E-state index contributed by atoms with van der Waals surface area (Å²) < 4.78 is 1.83. The summed E-state index contributed by atoms with van der Waals surface area (Å²) >= 11 is 0. The van der Waals surface area contributed by atoms with Crippen LogP contribution in [0.15, 0.2) is 30.5 Å². The maximum Gasteiger partial charge on any atom is 0.356 e. The van der Waals surface area contributed by atoms with E-state index < -0.39 is 5.97 Å². The Labute approximate surface area is 104 Å². The summed E-state index contributed by atoms with van der Waals surface area (Å²) in [7, 11) is 0. The molecule has 0 atom stereocenters. The quantitative estimate of drug-likeness (QED) is 0.711. The first-order valence-corrected chi connectivity index (χ1v) is 5.68. The van der Waals surface area contributed by atoms with Gasteiger partial charge in [0.05, 0.1) is 5.52 Å². The lowest BCUT2D eigenvalue weighted by molar-refractivity contribution is 0.0691.